The fourth-order valence-electron chi connectivity index (χ4n) is 2.80. The van der Waals surface area contributed by atoms with Gasteiger partial charge in [0.2, 0.25) is 0 Å². The second kappa shape index (κ2) is 4.63. The van der Waals surface area contributed by atoms with Crippen molar-refractivity contribution in [3.8, 4) is 0 Å². The number of ether oxygens (including phenoxy) is 1. The highest BCUT2D eigenvalue weighted by molar-refractivity contribution is 6.16. The average molecular weight is 291 g/mol. The van der Waals surface area contributed by atoms with Crippen molar-refractivity contribution in [3.63, 3.8) is 0 Å². The highest BCUT2D eigenvalue weighted by Crippen LogP contribution is 2.40. The van der Waals surface area contributed by atoms with Crippen LogP contribution in [0.2, 0.25) is 0 Å². The SMILES string of the molecule is CC1(C)OC(=O)c2ccccc2C1n1cncc1CCl. The fourth-order valence-corrected chi connectivity index (χ4v) is 3.01. The van der Waals surface area contributed by atoms with E-state index in [2.05, 4.69) is 4.98 Å². The van der Waals surface area contributed by atoms with Crippen LogP contribution in [0.1, 0.15) is 41.5 Å². The predicted molar refractivity (Wildman–Crippen MR) is 75.9 cm³/mol. The van der Waals surface area contributed by atoms with E-state index in [1.165, 1.54) is 0 Å². The number of rotatable bonds is 2. The van der Waals surface area contributed by atoms with Gasteiger partial charge in [-0.25, -0.2) is 9.78 Å². The summed E-state index contributed by atoms with van der Waals surface area (Å²) in [4.78, 5) is 16.3. The summed E-state index contributed by atoms with van der Waals surface area (Å²) in [7, 11) is 0. The first-order chi connectivity index (χ1) is 9.54. The number of esters is 1. The molecule has 104 valence electrons. The summed E-state index contributed by atoms with van der Waals surface area (Å²) >= 11 is 5.97. The fraction of sp³-hybridized carbons (Fsp3) is 0.333. The van der Waals surface area contributed by atoms with Crippen molar-refractivity contribution in [2.24, 2.45) is 0 Å². The van der Waals surface area contributed by atoms with E-state index >= 15 is 0 Å². The highest BCUT2D eigenvalue weighted by atomic mass is 35.5. The minimum Gasteiger partial charge on any atom is -0.453 e. The van der Waals surface area contributed by atoms with Crippen molar-refractivity contribution in [2.75, 3.05) is 0 Å². The first kappa shape index (κ1) is 13.2. The number of alkyl halides is 1. The van der Waals surface area contributed by atoms with Crippen LogP contribution in [0.3, 0.4) is 0 Å². The summed E-state index contributed by atoms with van der Waals surface area (Å²) in [5.74, 6) is 0.0808. The molecule has 1 aliphatic rings. The Morgan fingerprint density at radius 3 is 2.90 bits per heavy atom. The van der Waals surface area contributed by atoms with Crippen LogP contribution in [0.4, 0.5) is 0 Å². The molecule has 1 atom stereocenters. The zero-order chi connectivity index (χ0) is 14.3. The second-order valence-electron chi connectivity index (χ2n) is 5.41. The maximum absolute atomic E-state index is 12.1. The first-order valence-electron chi connectivity index (χ1n) is 6.43. The third kappa shape index (κ3) is 1.91. The molecule has 1 aliphatic heterocycles. The Balaban J connectivity index is 2.22. The van der Waals surface area contributed by atoms with Gasteiger partial charge in [-0.1, -0.05) is 18.2 Å². The summed E-state index contributed by atoms with van der Waals surface area (Å²) in [5, 5.41) is 0. The van der Waals surface area contributed by atoms with Gasteiger partial charge < -0.3 is 9.30 Å². The zero-order valence-corrected chi connectivity index (χ0v) is 12.1. The Bertz CT molecular complexity index is 663. The van der Waals surface area contributed by atoms with Crippen molar-refractivity contribution >= 4 is 17.6 Å². The lowest BCUT2D eigenvalue weighted by Crippen LogP contribution is -2.43. The number of hydrogen-bond acceptors (Lipinski definition) is 3. The lowest BCUT2D eigenvalue weighted by Gasteiger charge is -2.40. The first-order valence-corrected chi connectivity index (χ1v) is 6.97. The molecule has 20 heavy (non-hydrogen) atoms. The predicted octanol–water partition coefficient (Wildman–Crippen LogP) is 3.16. The molecular formula is C15H15ClN2O2. The molecule has 0 bridgehead atoms. The van der Waals surface area contributed by atoms with E-state index < -0.39 is 5.60 Å². The smallest absolute Gasteiger partial charge is 0.339 e. The number of aromatic nitrogens is 2. The van der Waals surface area contributed by atoms with Crippen LogP contribution in [0.5, 0.6) is 0 Å². The van der Waals surface area contributed by atoms with Gasteiger partial charge in [-0.3, -0.25) is 0 Å². The van der Waals surface area contributed by atoms with Crippen LogP contribution in [-0.2, 0) is 10.6 Å². The lowest BCUT2D eigenvalue weighted by atomic mass is 9.85. The minimum atomic E-state index is -0.660. The van der Waals surface area contributed by atoms with Crippen LogP contribution < -0.4 is 0 Å². The number of halogens is 1. The van der Waals surface area contributed by atoms with Gasteiger partial charge in [-0.2, -0.15) is 0 Å². The number of nitrogens with zero attached hydrogens (tertiary/aromatic N) is 2. The molecule has 0 saturated heterocycles. The van der Waals surface area contributed by atoms with E-state index in [1.807, 2.05) is 36.6 Å². The molecule has 0 amide bonds. The summed E-state index contributed by atoms with van der Waals surface area (Å²) in [6.45, 7) is 3.81. The lowest BCUT2D eigenvalue weighted by molar-refractivity contribution is -0.0264. The maximum Gasteiger partial charge on any atom is 0.339 e. The minimum absolute atomic E-state index is 0.132. The van der Waals surface area contributed by atoms with Crippen LogP contribution in [0.25, 0.3) is 0 Å². The second-order valence-corrected chi connectivity index (χ2v) is 5.68. The molecule has 0 aliphatic carbocycles. The highest BCUT2D eigenvalue weighted by Gasteiger charge is 2.43. The van der Waals surface area contributed by atoms with Crippen LogP contribution in [0, 0.1) is 0 Å². The van der Waals surface area contributed by atoms with Gasteiger partial charge in [0.1, 0.15) is 5.60 Å². The Labute approximate surface area is 122 Å². The topological polar surface area (TPSA) is 44.1 Å². The largest absolute Gasteiger partial charge is 0.453 e. The van der Waals surface area contributed by atoms with Gasteiger partial charge in [0.05, 0.1) is 29.5 Å². The monoisotopic (exact) mass is 290 g/mol. The standard InChI is InChI=1S/C15H15ClN2O2/c1-15(2)13(18-9-17-8-10(18)7-16)11-5-3-4-6-12(11)14(19)20-15/h3-6,8-9,13H,7H2,1-2H3. The quantitative estimate of drug-likeness (QED) is 0.630. The summed E-state index contributed by atoms with van der Waals surface area (Å²) in [6.07, 6.45) is 3.47. The van der Waals surface area contributed by atoms with Crippen LogP contribution in [-0.4, -0.2) is 21.1 Å². The van der Waals surface area contributed by atoms with Crippen molar-refractivity contribution in [1.29, 1.82) is 0 Å². The third-order valence-electron chi connectivity index (χ3n) is 3.65. The van der Waals surface area contributed by atoms with E-state index in [-0.39, 0.29) is 12.0 Å². The van der Waals surface area contributed by atoms with E-state index in [9.17, 15) is 4.79 Å². The van der Waals surface area contributed by atoms with Crippen molar-refractivity contribution in [2.45, 2.75) is 31.4 Å². The number of carbonyl (C=O) groups is 1. The van der Waals surface area contributed by atoms with Gasteiger partial charge in [0.15, 0.2) is 0 Å². The summed E-state index contributed by atoms with van der Waals surface area (Å²) < 4.78 is 7.59. The summed E-state index contributed by atoms with van der Waals surface area (Å²) in [6, 6.07) is 7.38. The molecule has 0 spiro atoms. The van der Waals surface area contributed by atoms with Gasteiger partial charge >= 0.3 is 5.97 Å². The van der Waals surface area contributed by atoms with E-state index in [0.29, 0.717) is 11.4 Å². The van der Waals surface area contributed by atoms with Gasteiger partial charge in [-0.05, 0) is 25.5 Å². The molecule has 0 fully saturated rings. The van der Waals surface area contributed by atoms with Gasteiger partial charge in [-0.15, -0.1) is 11.6 Å². The Morgan fingerprint density at radius 2 is 2.15 bits per heavy atom. The van der Waals surface area contributed by atoms with Crippen molar-refractivity contribution in [3.05, 3.63) is 53.6 Å². The molecule has 4 nitrogen and oxygen atoms in total. The van der Waals surface area contributed by atoms with E-state index in [0.717, 1.165) is 11.3 Å². The molecular weight excluding hydrogens is 276 g/mol. The number of cyclic esters (lactones) is 1. The molecule has 3 rings (SSSR count). The molecule has 5 heteroatoms. The summed E-state index contributed by atoms with van der Waals surface area (Å²) in [5.41, 5.74) is 1.79. The van der Waals surface area contributed by atoms with Crippen LogP contribution in [0.15, 0.2) is 36.8 Å². The van der Waals surface area contributed by atoms with E-state index in [4.69, 9.17) is 16.3 Å². The van der Waals surface area contributed by atoms with Crippen LogP contribution >= 0.6 is 11.6 Å². The van der Waals surface area contributed by atoms with Crippen molar-refractivity contribution in [1.82, 2.24) is 9.55 Å². The Hall–Kier alpha value is -1.81. The number of imidazole rings is 1. The molecule has 0 saturated carbocycles. The molecule has 0 radical (unpaired) electrons. The zero-order valence-electron chi connectivity index (χ0n) is 11.3. The Kier molecular flexibility index (Phi) is 3.05. The van der Waals surface area contributed by atoms with Gasteiger partial charge in [0.25, 0.3) is 0 Å². The Morgan fingerprint density at radius 1 is 1.40 bits per heavy atom. The third-order valence-corrected chi connectivity index (χ3v) is 3.92. The number of carbonyl (C=O) groups excluding carboxylic acids is 1. The number of fused-ring (bicyclic) bond motifs is 1. The average Bonchev–Trinajstić information content (AvgIpc) is 2.86. The number of benzene rings is 1. The molecule has 2 heterocycles. The van der Waals surface area contributed by atoms with Crippen molar-refractivity contribution < 1.29 is 9.53 Å². The molecule has 1 unspecified atom stereocenters. The molecule has 1 aromatic carbocycles. The van der Waals surface area contributed by atoms with Gasteiger partial charge in [0, 0.05) is 6.20 Å². The molecule has 0 N–H and O–H groups in total. The maximum atomic E-state index is 12.1. The molecule has 1 aromatic heterocycles. The van der Waals surface area contributed by atoms with E-state index in [1.54, 1.807) is 18.6 Å². The number of hydrogen-bond donors (Lipinski definition) is 0. The normalized spacial score (nSPS) is 20.4. The molecule has 2 aromatic rings.